The Morgan fingerprint density at radius 2 is 1.88 bits per heavy atom. The third kappa shape index (κ3) is 4.46. The number of carbonyl (C=O) groups is 1. The molecule has 0 aliphatic carbocycles. The van der Waals surface area contributed by atoms with Gasteiger partial charge in [-0.3, -0.25) is 4.79 Å². The molecule has 3 aromatic rings. The normalized spacial score (nSPS) is 10.3. The smallest absolute Gasteiger partial charge is 0.224 e. The van der Waals surface area contributed by atoms with Crippen LogP contribution in [0.25, 0.3) is 5.69 Å². The first-order valence-corrected chi connectivity index (χ1v) is 7.87. The number of imidazole rings is 1. The Morgan fingerprint density at radius 1 is 1.08 bits per heavy atom. The minimum atomic E-state index is -0.0120. The number of nitrogens with one attached hydrogen (secondary N) is 1. The number of amides is 1. The van der Waals surface area contributed by atoms with Gasteiger partial charge in [0.2, 0.25) is 5.91 Å². The number of hydrogen-bond donors (Lipinski definition) is 1. The lowest BCUT2D eigenvalue weighted by Gasteiger charge is -2.08. The summed E-state index contributed by atoms with van der Waals surface area (Å²) in [5.41, 5.74) is 1.79. The van der Waals surface area contributed by atoms with Crippen molar-refractivity contribution in [1.82, 2.24) is 9.55 Å². The van der Waals surface area contributed by atoms with Gasteiger partial charge in [-0.15, -0.1) is 0 Å². The molecule has 0 aliphatic rings. The molecule has 5 nitrogen and oxygen atoms in total. The van der Waals surface area contributed by atoms with Crippen LogP contribution in [0.3, 0.4) is 0 Å². The molecule has 0 unspecified atom stereocenters. The number of anilines is 1. The molecule has 0 radical (unpaired) electrons. The zero-order valence-electron chi connectivity index (χ0n) is 13.3. The zero-order chi connectivity index (χ0) is 16.6. The molecule has 0 bridgehead atoms. The monoisotopic (exact) mass is 321 g/mol. The van der Waals surface area contributed by atoms with E-state index in [0.717, 1.165) is 17.1 Å². The maximum atomic E-state index is 12.0. The second-order valence-corrected chi connectivity index (χ2v) is 5.33. The maximum Gasteiger partial charge on any atom is 0.224 e. The van der Waals surface area contributed by atoms with Crippen molar-refractivity contribution in [2.24, 2.45) is 0 Å². The molecular formula is C19H19N3O2. The standard InChI is InChI=1S/C19H19N3O2/c23-19(7-4-14-24-18-5-2-1-3-6-18)21-16-8-10-17(11-9-16)22-13-12-20-15-22/h1-3,5-6,8-13,15H,4,7,14H2,(H,21,23). The molecule has 0 spiro atoms. The first-order valence-electron chi connectivity index (χ1n) is 7.87. The minimum absolute atomic E-state index is 0.0120. The molecule has 0 aliphatic heterocycles. The third-order valence-electron chi connectivity index (χ3n) is 3.51. The molecule has 5 heteroatoms. The van der Waals surface area contributed by atoms with Crippen LogP contribution < -0.4 is 10.1 Å². The first-order chi connectivity index (χ1) is 11.8. The van der Waals surface area contributed by atoms with Gasteiger partial charge in [0, 0.05) is 30.2 Å². The molecule has 2 aromatic carbocycles. The average molecular weight is 321 g/mol. The Kier molecular flexibility index (Phi) is 5.24. The maximum absolute atomic E-state index is 12.0. The van der Waals surface area contributed by atoms with E-state index >= 15 is 0 Å². The summed E-state index contributed by atoms with van der Waals surface area (Å²) >= 11 is 0. The second kappa shape index (κ2) is 7.97. The molecule has 0 atom stereocenters. The second-order valence-electron chi connectivity index (χ2n) is 5.33. The number of carbonyl (C=O) groups excluding carboxylic acids is 1. The quantitative estimate of drug-likeness (QED) is 0.676. The first kappa shape index (κ1) is 15.8. The van der Waals surface area contributed by atoms with Gasteiger partial charge in [-0.1, -0.05) is 18.2 Å². The summed E-state index contributed by atoms with van der Waals surface area (Å²) in [5.74, 6) is 0.815. The van der Waals surface area contributed by atoms with Crippen LogP contribution in [0, 0.1) is 0 Å². The fraction of sp³-hybridized carbons (Fsp3) is 0.158. The van der Waals surface area contributed by atoms with Crippen LogP contribution in [0.15, 0.2) is 73.3 Å². The Balaban J connectivity index is 1.42. The van der Waals surface area contributed by atoms with E-state index in [1.54, 1.807) is 12.5 Å². The van der Waals surface area contributed by atoms with Crippen molar-refractivity contribution in [2.75, 3.05) is 11.9 Å². The van der Waals surface area contributed by atoms with Crippen LogP contribution in [0.2, 0.25) is 0 Å². The summed E-state index contributed by atoms with van der Waals surface area (Å²) in [6, 6.07) is 17.3. The zero-order valence-corrected chi connectivity index (χ0v) is 13.3. The molecule has 1 heterocycles. The van der Waals surface area contributed by atoms with E-state index in [-0.39, 0.29) is 5.91 Å². The van der Waals surface area contributed by atoms with Crippen LogP contribution >= 0.6 is 0 Å². The van der Waals surface area contributed by atoms with Gasteiger partial charge in [-0.2, -0.15) is 0 Å². The Morgan fingerprint density at radius 3 is 2.58 bits per heavy atom. The highest BCUT2D eigenvalue weighted by atomic mass is 16.5. The Labute approximate surface area is 140 Å². The molecular weight excluding hydrogens is 302 g/mol. The van der Waals surface area contributed by atoms with Gasteiger partial charge in [0.15, 0.2) is 0 Å². The van der Waals surface area contributed by atoms with Crippen LogP contribution in [-0.4, -0.2) is 22.1 Å². The van der Waals surface area contributed by atoms with E-state index in [1.807, 2.05) is 65.4 Å². The van der Waals surface area contributed by atoms with E-state index in [1.165, 1.54) is 0 Å². The molecule has 3 rings (SSSR count). The number of rotatable bonds is 7. The van der Waals surface area contributed by atoms with Crippen molar-refractivity contribution in [2.45, 2.75) is 12.8 Å². The van der Waals surface area contributed by atoms with Gasteiger partial charge in [-0.25, -0.2) is 4.98 Å². The molecule has 0 saturated carbocycles. The lowest BCUT2D eigenvalue weighted by Crippen LogP contribution is -2.12. The summed E-state index contributed by atoms with van der Waals surface area (Å²) in [6.45, 7) is 0.525. The Hall–Kier alpha value is -3.08. The summed E-state index contributed by atoms with van der Waals surface area (Å²) in [7, 11) is 0. The number of aromatic nitrogens is 2. The van der Waals surface area contributed by atoms with Crippen molar-refractivity contribution >= 4 is 11.6 Å². The summed E-state index contributed by atoms with van der Waals surface area (Å²) in [4.78, 5) is 16.0. The predicted octanol–water partition coefficient (Wildman–Crippen LogP) is 3.67. The number of hydrogen-bond acceptors (Lipinski definition) is 3. The SMILES string of the molecule is O=C(CCCOc1ccccc1)Nc1ccc(-n2ccnc2)cc1. The van der Waals surface area contributed by atoms with Crippen molar-refractivity contribution < 1.29 is 9.53 Å². The van der Waals surface area contributed by atoms with Crippen molar-refractivity contribution in [3.8, 4) is 11.4 Å². The van der Waals surface area contributed by atoms with E-state index in [4.69, 9.17) is 4.74 Å². The number of nitrogens with zero attached hydrogens (tertiary/aromatic N) is 2. The lowest BCUT2D eigenvalue weighted by atomic mass is 10.2. The van der Waals surface area contributed by atoms with Crippen LogP contribution in [0.1, 0.15) is 12.8 Å². The van der Waals surface area contributed by atoms with Gasteiger partial charge < -0.3 is 14.6 Å². The Bertz CT molecular complexity index is 753. The van der Waals surface area contributed by atoms with Crippen molar-refractivity contribution in [3.63, 3.8) is 0 Å². The van der Waals surface area contributed by atoms with Crippen LogP contribution in [-0.2, 0) is 4.79 Å². The molecule has 1 N–H and O–H groups in total. The van der Waals surface area contributed by atoms with E-state index in [9.17, 15) is 4.79 Å². The highest BCUT2D eigenvalue weighted by Gasteiger charge is 2.03. The molecule has 1 amide bonds. The van der Waals surface area contributed by atoms with Crippen molar-refractivity contribution in [1.29, 1.82) is 0 Å². The van der Waals surface area contributed by atoms with Gasteiger partial charge in [0.25, 0.3) is 0 Å². The van der Waals surface area contributed by atoms with Gasteiger partial charge >= 0.3 is 0 Å². The largest absolute Gasteiger partial charge is 0.494 e. The van der Waals surface area contributed by atoms with Crippen LogP contribution in [0.5, 0.6) is 5.75 Å². The molecule has 0 fully saturated rings. The number of ether oxygens (including phenoxy) is 1. The fourth-order valence-electron chi connectivity index (χ4n) is 2.29. The third-order valence-corrected chi connectivity index (χ3v) is 3.51. The predicted molar refractivity (Wildman–Crippen MR) is 93.4 cm³/mol. The summed E-state index contributed by atoms with van der Waals surface area (Å²) in [5, 5.41) is 2.89. The van der Waals surface area contributed by atoms with Gasteiger partial charge in [0.1, 0.15) is 5.75 Å². The summed E-state index contributed by atoms with van der Waals surface area (Å²) in [6.07, 6.45) is 6.44. The fourth-order valence-corrected chi connectivity index (χ4v) is 2.29. The van der Waals surface area contributed by atoms with E-state index in [2.05, 4.69) is 10.3 Å². The number of benzene rings is 2. The molecule has 0 saturated heterocycles. The van der Waals surface area contributed by atoms with E-state index < -0.39 is 0 Å². The van der Waals surface area contributed by atoms with E-state index in [0.29, 0.717) is 19.4 Å². The highest BCUT2D eigenvalue weighted by molar-refractivity contribution is 5.90. The lowest BCUT2D eigenvalue weighted by molar-refractivity contribution is -0.116. The van der Waals surface area contributed by atoms with Crippen molar-refractivity contribution in [3.05, 3.63) is 73.3 Å². The van der Waals surface area contributed by atoms with Crippen LogP contribution in [0.4, 0.5) is 5.69 Å². The highest BCUT2D eigenvalue weighted by Crippen LogP contribution is 2.14. The molecule has 1 aromatic heterocycles. The topological polar surface area (TPSA) is 56.1 Å². The van der Waals surface area contributed by atoms with Gasteiger partial charge in [-0.05, 0) is 42.8 Å². The van der Waals surface area contributed by atoms with Gasteiger partial charge in [0.05, 0.1) is 12.9 Å². The molecule has 24 heavy (non-hydrogen) atoms. The summed E-state index contributed by atoms with van der Waals surface area (Å²) < 4.78 is 7.48. The number of para-hydroxylation sites is 1. The average Bonchev–Trinajstić information content (AvgIpc) is 3.15. The molecule has 122 valence electrons. The minimum Gasteiger partial charge on any atom is -0.494 e.